The minimum Gasteiger partial charge on any atom is -0.396 e. The van der Waals surface area contributed by atoms with Crippen molar-refractivity contribution >= 4 is 11.6 Å². The van der Waals surface area contributed by atoms with Gasteiger partial charge in [0.15, 0.2) is 0 Å². The summed E-state index contributed by atoms with van der Waals surface area (Å²) in [6, 6.07) is 0. The Kier molecular flexibility index (Phi) is 2.86. The number of aliphatic hydroxyl groups is 1. The summed E-state index contributed by atoms with van der Waals surface area (Å²) in [5, 5.41) is 14.7. The summed E-state index contributed by atoms with van der Waals surface area (Å²) < 4.78 is 0. The lowest BCUT2D eigenvalue weighted by Crippen LogP contribution is -2.30. The molecule has 1 aromatic heterocycles. The lowest BCUT2D eigenvalue weighted by atomic mass is 10.3. The van der Waals surface area contributed by atoms with Crippen LogP contribution in [0.5, 0.6) is 0 Å². The average Bonchev–Trinajstić information content (AvgIpc) is 2.50. The Morgan fingerprint density at radius 1 is 1.85 bits per heavy atom. The van der Waals surface area contributed by atoms with E-state index >= 15 is 0 Å². The molecule has 0 fully saturated rings. The van der Waals surface area contributed by atoms with Gasteiger partial charge in [0.2, 0.25) is 0 Å². The molecule has 0 bridgehead atoms. The number of hydrogen-bond acceptors (Lipinski definition) is 4. The first-order chi connectivity index (χ1) is 6.16. The second kappa shape index (κ2) is 3.90. The number of hydrogen-bond donors (Lipinski definition) is 3. The van der Waals surface area contributed by atoms with Crippen molar-refractivity contribution < 1.29 is 9.90 Å². The van der Waals surface area contributed by atoms with Crippen LogP contribution in [-0.2, 0) is 0 Å². The van der Waals surface area contributed by atoms with Crippen molar-refractivity contribution in [2.24, 2.45) is 0 Å². The molecule has 72 valence electrons. The Labute approximate surface area is 75.3 Å². The monoisotopic (exact) mass is 184 g/mol. The third kappa shape index (κ3) is 1.97. The van der Waals surface area contributed by atoms with Gasteiger partial charge in [0.1, 0.15) is 5.69 Å². The summed E-state index contributed by atoms with van der Waals surface area (Å²) in [4.78, 5) is 12.8. The van der Waals surface area contributed by atoms with E-state index in [4.69, 9.17) is 10.8 Å². The van der Waals surface area contributed by atoms with Gasteiger partial charge in [-0.25, -0.2) is 0 Å². The van der Waals surface area contributed by atoms with Crippen LogP contribution in [0.2, 0.25) is 0 Å². The minimum atomic E-state index is -0.274. The first-order valence-electron chi connectivity index (χ1n) is 3.82. The molecule has 0 aliphatic heterocycles. The van der Waals surface area contributed by atoms with Crippen LogP contribution in [-0.4, -0.2) is 46.3 Å². The van der Waals surface area contributed by atoms with Gasteiger partial charge in [-0.05, 0) is 0 Å². The first kappa shape index (κ1) is 9.53. The van der Waals surface area contributed by atoms with E-state index in [1.165, 1.54) is 11.1 Å². The molecule has 1 amide bonds. The van der Waals surface area contributed by atoms with Crippen molar-refractivity contribution in [3.8, 4) is 0 Å². The number of nitrogens with one attached hydrogen (secondary N) is 1. The molecule has 0 unspecified atom stereocenters. The molecule has 6 nitrogen and oxygen atoms in total. The zero-order chi connectivity index (χ0) is 9.84. The molecule has 0 saturated heterocycles. The summed E-state index contributed by atoms with van der Waals surface area (Å²) in [6.45, 7) is 0.202. The van der Waals surface area contributed by atoms with E-state index in [2.05, 4.69) is 10.2 Å². The van der Waals surface area contributed by atoms with E-state index in [0.717, 1.165) is 0 Å². The van der Waals surface area contributed by atoms with Crippen molar-refractivity contribution in [1.29, 1.82) is 0 Å². The fraction of sp³-hybridized carbons (Fsp3) is 0.429. The molecule has 0 spiro atoms. The number of anilines is 1. The van der Waals surface area contributed by atoms with E-state index in [0.29, 0.717) is 5.69 Å². The van der Waals surface area contributed by atoms with E-state index in [-0.39, 0.29) is 24.8 Å². The summed E-state index contributed by atoms with van der Waals surface area (Å²) in [5.74, 6) is -0.274. The molecule has 4 N–H and O–H groups in total. The van der Waals surface area contributed by atoms with Gasteiger partial charge in [0.05, 0.1) is 18.5 Å². The first-order valence-corrected chi connectivity index (χ1v) is 3.82. The Morgan fingerprint density at radius 2 is 2.54 bits per heavy atom. The Balaban J connectivity index is 2.73. The predicted octanol–water partition coefficient (Wildman–Crippen LogP) is -0.944. The van der Waals surface area contributed by atoms with Crippen LogP contribution >= 0.6 is 0 Å². The molecule has 0 aliphatic carbocycles. The molecule has 1 heterocycles. The quantitative estimate of drug-likeness (QED) is 0.564. The number of aromatic amines is 1. The fourth-order valence-corrected chi connectivity index (χ4v) is 0.909. The van der Waals surface area contributed by atoms with Gasteiger partial charge in [-0.2, -0.15) is 5.10 Å². The van der Waals surface area contributed by atoms with Crippen molar-refractivity contribution in [3.05, 3.63) is 11.9 Å². The number of amides is 1. The standard InChI is InChI=1S/C7H12N4O2/c1-11(2-3-12)7(13)6-5(8)4-9-10-6/h4,12H,2-3,8H2,1H3,(H,9,10). The highest BCUT2D eigenvalue weighted by atomic mass is 16.3. The number of aromatic nitrogens is 2. The number of aliphatic hydroxyl groups excluding tert-OH is 1. The van der Waals surface area contributed by atoms with Gasteiger partial charge in [0.25, 0.3) is 5.91 Å². The third-order valence-corrected chi connectivity index (χ3v) is 1.66. The normalized spacial score (nSPS) is 10.0. The van der Waals surface area contributed by atoms with Crippen LogP contribution in [0.25, 0.3) is 0 Å². The largest absolute Gasteiger partial charge is 0.396 e. The maximum Gasteiger partial charge on any atom is 0.273 e. The van der Waals surface area contributed by atoms with Gasteiger partial charge in [-0.3, -0.25) is 9.89 Å². The summed E-state index contributed by atoms with van der Waals surface area (Å²) >= 11 is 0. The van der Waals surface area contributed by atoms with Crippen LogP contribution in [0, 0.1) is 0 Å². The molecule has 0 radical (unpaired) electrons. The SMILES string of the molecule is CN(CCO)C(=O)c1[nH]ncc1N. The van der Waals surface area contributed by atoms with Crippen molar-refractivity contribution in [1.82, 2.24) is 15.1 Å². The highest BCUT2D eigenvalue weighted by molar-refractivity contribution is 5.96. The number of carbonyl (C=O) groups excluding carboxylic acids is 1. The molecule has 6 heteroatoms. The Morgan fingerprint density at radius 3 is 3.00 bits per heavy atom. The lowest BCUT2D eigenvalue weighted by Gasteiger charge is -2.14. The van der Waals surface area contributed by atoms with Crippen LogP contribution in [0.15, 0.2) is 6.20 Å². The summed E-state index contributed by atoms with van der Waals surface area (Å²) in [7, 11) is 1.58. The van der Waals surface area contributed by atoms with Crippen molar-refractivity contribution in [3.63, 3.8) is 0 Å². The number of carbonyl (C=O) groups is 1. The van der Waals surface area contributed by atoms with Crippen LogP contribution in [0.4, 0.5) is 5.69 Å². The van der Waals surface area contributed by atoms with Crippen molar-refractivity contribution in [2.75, 3.05) is 25.9 Å². The second-order valence-electron chi connectivity index (χ2n) is 2.65. The molecule has 0 aromatic carbocycles. The molecule has 1 aromatic rings. The van der Waals surface area contributed by atoms with Gasteiger partial charge in [-0.15, -0.1) is 0 Å². The van der Waals surface area contributed by atoms with Gasteiger partial charge in [0, 0.05) is 13.6 Å². The van der Waals surface area contributed by atoms with Crippen LogP contribution < -0.4 is 5.73 Å². The van der Waals surface area contributed by atoms with Crippen LogP contribution in [0.3, 0.4) is 0 Å². The molecule has 0 atom stereocenters. The minimum absolute atomic E-state index is 0.0731. The molecule has 0 saturated carbocycles. The number of nitrogen functional groups attached to an aromatic ring is 1. The van der Waals surface area contributed by atoms with Gasteiger partial charge >= 0.3 is 0 Å². The van der Waals surface area contributed by atoms with Crippen LogP contribution in [0.1, 0.15) is 10.5 Å². The highest BCUT2D eigenvalue weighted by Gasteiger charge is 2.15. The average molecular weight is 184 g/mol. The van der Waals surface area contributed by atoms with E-state index < -0.39 is 0 Å². The molecule has 0 aliphatic rings. The van der Waals surface area contributed by atoms with Gasteiger partial charge in [-0.1, -0.05) is 0 Å². The molecular weight excluding hydrogens is 172 g/mol. The van der Waals surface area contributed by atoms with E-state index in [1.54, 1.807) is 7.05 Å². The number of likely N-dealkylation sites (N-methyl/N-ethyl adjacent to an activating group) is 1. The van der Waals surface area contributed by atoms with Gasteiger partial charge < -0.3 is 15.7 Å². The topological polar surface area (TPSA) is 95.2 Å². The maximum absolute atomic E-state index is 11.5. The Hall–Kier alpha value is -1.56. The lowest BCUT2D eigenvalue weighted by molar-refractivity contribution is 0.0762. The number of H-pyrrole nitrogens is 1. The summed E-state index contributed by atoms with van der Waals surface area (Å²) in [6.07, 6.45) is 1.38. The molecular formula is C7H12N4O2. The van der Waals surface area contributed by atoms with E-state index in [9.17, 15) is 4.79 Å². The second-order valence-corrected chi connectivity index (χ2v) is 2.65. The zero-order valence-electron chi connectivity index (χ0n) is 7.32. The smallest absolute Gasteiger partial charge is 0.273 e. The zero-order valence-corrected chi connectivity index (χ0v) is 7.32. The number of nitrogens with two attached hydrogens (primary N) is 1. The predicted molar refractivity (Wildman–Crippen MR) is 47.0 cm³/mol. The molecule has 1 rings (SSSR count). The maximum atomic E-state index is 11.5. The highest BCUT2D eigenvalue weighted by Crippen LogP contribution is 2.08. The third-order valence-electron chi connectivity index (χ3n) is 1.66. The van der Waals surface area contributed by atoms with Crippen molar-refractivity contribution in [2.45, 2.75) is 0 Å². The number of nitrogens with zero attached hydrogens (tertiary/aromatic N) is 2. The Bertz CT molecular complexity index is 296. The fourth-order valence-electron chi connectivity index (χ4n) is 0.909. The summed E-state index contributed by atoms with van der Waals surface area (Å²) in [5.41, 5.74) is 6.05. The van der Waals surface area contributed by atoms with E-state index in [1.807, 2.05) is 0 Å². The number of rotatable bonds is 3. The molecule has 13 heavy (non-hydrogen) atoms.